The lowest BCUT2D eigenvalue weighted by atomic mass is 10.1. The molecule has 0 atom stereocenters. The number of rotatable bonds is 3. The van der Waals surface area contributed by atoms with E-state index in [1.54, 1.807) is 6.20 Å². The van der Waals surface area contributed by atoms with Crippen LogP contribution in [0.1, 0.15) is 32.3 Å². The first kappa shape index (κ1) is 10.3. The number of hydrogen-bond donors (Lipinski definition) is 0. The van der Waals surface area contributed by atoms with Crippen LogP contribution in [0.3, 0.4) is 0 Å². The summed E-state index contributed by atoms with van der Waals surface area (Å²) in [7, 11) is 0. The van der Waals surface area contributed by atoms with Crippen LogP contribution in [0.15, 0.2) is 6.20 Å². The Morgan fingerprint density at radius 3 is 2.69 bits per heavy atom. The van der Waals surface area contributed by atoms with Gasteiger partial charge in [-0.15, -0.1) is 0 Å². The molecular formula is C9H13ClN2O. The number of carbonyl (C=O) groups excluding carboxylic acids is 1. The minimum Gasteiger partial charge on any atom is -0.298 e. The van der Waals surface area contributed by atoms with E-state index in [0.29, 0.717) is 11.1 Å². The second kappa shape index (κ2) is 3.92. The number of carbonyl (C=O) groups is 1. The molecule has 4 heteroatoms. The molecule has 13 heavy (non-hydrogen) atoms. The van der Waals surface area contributed by atoms with Crippen molar-refractivity contribution >= 4 is 17.4 Å². The molecule has 0 saturated heterocycles. The number of hydrogen-bond acceptors (Lipinski definition) is 2. The van der Waals surface area contributed by atoms with E-state index >= 15 is 0 Å². The fraction of sp³-hybridized carbons (Fsp3) is 0.556. The molecule has 0 spiro atoms. The largest absolute Gasteiger partial charge is 0.298 e. The molecule has 1 heterocycles. The molecule has 0 aliphatic heterocycles. The molecule has 1 aromatic rings. The minimum atomic E-state index is 0.0558. The maximum Gasteiger partial charge on any atom is 0.151 e. The van der Waals surface area contributed by atoms with Gasteiger partial charge < -0.3 is 0 Å². The molecule has 1 aromatic heterocycles. The molecule has 0 bridgehead atoms. The smallest absolute Gasteiger partial charge is 0.151 e. The van der Waals surface area contributed by atoms with E-state index < -0.39 is 0 Å². The van der Waals surface area contributed by atoms with Crippen LogP contribution in [0.25, 0.3) is 0 Å². The van der Waals surface area contributed by atoms with Crippen LogP contribution in [0.2, 0.25) is 5.15 Å². The van der Waals surface area contributed by atoms with Crippen molar-refractivity contribution < 1.29 is 4.79 Å². The topological polar surface area (TPSA) is 34.9 Å². The molecule has 1 rings (SSSR count). The monoisotopic (exact) mass is 200 g/mol. The minimum absolute atomic E-state index is 0.0558. The first-order valence-electron chi connectivity index (χ1n) is 4.23. The van der Waals surface area contributed by atoms with E-state index in [0.717, 1.165) is 5.56 Å². The lowest BCUT2D eigenvalue weighted by Crippen LogP contribution is -2.07. The molecule has 0 aliphatic rings. The first-order chi connectivity index (χ1) is 6.02. The van der Waals surface area contributed by atoms with Gasteiger partial charge in [-0.3, -0.25) is 4.79 Å². The Hall–Kier alpha value is -0.830. The number of halogens is 1. The summed E-state index contributed by atoms with van der Waals surface area (Å²) in [5.41, 5.74) is 0.989. The second-order valence-electron chi connectivity index (χ2n) is 3.41. The molecule has 0 radical (unpaired) electrons. The van der Waals surface area contributed by atoms with E-state index in [4.69, 9.17) is 11.6 Å². The van der Waals surface area contributed by atoms with Crippen molar-refractivity contribution in [3.05, 3.63) is 16.9 Å². The zero-order valence-corrected chi connectivity index (χ0v) is 8.80. The molecule has 3 nitrogen and oxygen atoms in total. The molecule has 0 unspecified atom stereocenters. The molecule has 0 N–H and O–H groups in total. The van der Waals surface area contributed by atoms with Gasteiger partial charge in [0.25, 0.3) is 0 Å². The van der Waals surface area contributed by atoms with Crippen molar-refractivity contribution in [2.24, 2.45) is 0 Å². The average Bonchev–Trinajstić information content (AvgIpc) is 2.32. The van der Waals surface area contributed by atoms with Crippen molar-refractivity contribution in [3.63, 3.8) is 0 Å². The Labute approximate surface area is 82.7 Å². The van der Waals surface area contributed by atoms with Crippen LogP contribution >= 0.6 is 11.6 Å². The lowest BCUT2D eigenvalue weighted by molar-refractivity contribution is -0.117. The van der Waals surface area contributed by atoms with E-state index in [1.165, 1.54) is 11.6 Å². The summed E-state index contributed by atoms with van der Waals surface area (Å²) in [6.45, 7) is 5.86. The van der Waals surface area contributed by atoms with Gasteiger partial charge in [0.2, 0.25) is 0 Å². The predicted octanol–water partition coefficient (Wildman–Crippen LogP) is 2.25. The van der Waals surface area contributed by atoms with Crippen LogP contribution in [0.5, 0.6) is 0 Å². The quantitative estimate of drug-likeness (QED) is 0.750. The highest BCUT2D eigenvalue weighted by molar-refractivity contribution is 6.30. The Morgan fingerprint density at radius 2 is 2.31 bits per heavy atom. The number of ketones is 1. The highest BCUT2D eigenvalue weighted by atomic mass is 35.5. The van der Waals surface area contributed by atoms with Crippen LogP contribution in [-0.4, -0.2) is 15.6 Å². The van der Waals surface area contributed by atoms with E-state index in [9.17, 15) is 4.79 Å². The predicted molar refractivity (Wildman–Crippen MR) is 52.0 cm³/mol. The fourth-order valence-corrected chi connectivity index (χ4v) is 1.46. The molecule has 0 aromatic carbocycles. The third kappa shape index (κ3) is 2.31. The summed E-state index contributed by atoms with van der Waals surface area (Å²) in [6.07, 6.45) is 1.72. The van der Waals surface area contributed by atoms with Crippen LogP contribution in [-0.2, 0) is 11.3 Å². The highest BCUT2D eigenvalue weighted by Crippen LogP contribution is 2.23. The van der Waals surface area contributed by atoms with E-state index in [-0.39, 0.29) is 12.3 Å². The summed E-state index contributed by atoms with van der Waals surface area (Å²) in [6, 6.07) is 0. The maximum atomic E-state index is 10.8. The molecule has 0 saturated carbocycles. The third-order valence-corrected chi connectivity index (χ3v) is 2.21. The zero-order valence-electron chi connectivity index (χ0n) is 8.04. The lowest BCUT2D eigenvalue weighted by Gasteiger charge is -2.02. The Balaban J connectivity index is 2.92. The van der Waals surface area contributed by atoms with Crippen molar-refractivity contribution in [1.29, 1.82) is 0 Å². The summed E-state index contributed by atoms with van der Waals surface area (Å²) in [4.78, 5) is 10.8. The Kier molecular flexibility index (Phi) is 3.09. The SMILES string of the molecule is CC(=O)Cn1ncc(C(C)C)c1Cl. The van der Waals surface area contributed by atoms with Gasteiger partial charge in [-0.25, -0.2) is 4.68 Å². The normalized spacial score (nSPS) is 10.8. The number of aromatic nitrogens is 2. The molecule has 72 valence electrons. The van der Waals surface area contributed by atoms with Crippen LogP contribution in [0.4, 0.5) is 0 Å². The van der Waals surface area contributed by atoms with Gasteiger partial charge in [0.1, 0.15) is 11.7 Å². The highest BCUT2D eigenvalue weighted by Gasteiger charge is 2.11. The van der Waals surface area contributed by atoms with Gasteiger partial charge >= 0.3 is 0 Å². The second-order valence-corrected chi connectivity index (χ2v) is 3.76. The van der Waals surface area contributed by atoms with E-state index in [1.807, 2.05) is 13.8 Å². The first-order valence-corrected chi connectivity index (χ1v) is 4.60. The van der Waals surface area contributed by atoms with Gasteiger partial charge in [-0.1, -0.05) is 25.4 Å². The molecule has 0 amide bonds. The fourth-order valence-electron chi connectivity index (χ4n) is 1.09. The summed E-state index contributed by atoms with van der Waals surface area (Å²) in [5, 5.41) is 4.62. The van der Waals surface area contributed by atoms with Crippen molar-refractivity contribution in [2.75, 3.05) is 0 Å². The molecular weight excluding hydrogens is 188 g/mol. The third-order valence-electron chi connectivity index (χ3n) is 1.80. The molecule has 0 aliphatic carbocycles. The Morgan fingerprint density at radius 1 is 1.69 bits per heavy atom. The summed E-state index contributed by atoms with van der Waals surface area (Å²) >= 11 is 6.01. The summed E-state index contributed by atoms with van der Waals surface area (Å²) in [5.74, 6) is 0.397. The standard InChI is InChI=1S/C9H13ClN2O/c1-6(2)8-4-11-12(9(8)10)5-7(3)13/h4,6H,5H2,1-3H3. The summed E-state index contributed by atoms with van der Waals surface area (Å²) < 4.78 is 1.53. The van der Waals surface area contributed by atoms with Crippen LogP contribution in [0, 0.1) is 0 Å². The molecule has 0 fully saturated rings. The Bertz CT molecular complexity index is 317. The van der Waals surface area contributed by atoms with Gasteiger partial charge in [0, 0.05) is 5.56 Å². The van der Waals surface area contributed by atoms with E-state index in [2.05, 4.69) is 5.10 Å². The van der Waals surface area contributed by atoms with Gasteiger partial charge in [0.05, 0.1) is 6.20 Å². The zero-order chi connectivity index (χ0) is 10.0. The van der Waals surface area contributed by atoms with Gasteiger partial charge in [0.15, 0.2) is 5.78 Å². The van der Waals surface area contributed by atoms with Crippen LogP contribution < -0.4 is 0 Å². The van der Waals surface area contributed by atoms with Crippen molar-refractivity contribution in [3.8, 4) is 0 Å². The van der Waals surface area contributed by atoms with Crippen molar-refractivity contribution in [1.82, 2.24) is 9.78 Å². The average molecular weight is 201 g/mol. The van der Waals surface area contributed by atoms with Gasteiger partial charge in [-0.2, -0.15) is 5.10 Å². The number of Topliss-reactive ketones (excluding diaryl/α,β-unsaturated/α-hetero) is 1. The van der Waals surface area contributed by atoms with Crippen molar-refractivity contribution in [2.45, 2.75) is 33.2 Å². The van der Waals surface area contributed by atoms with Gasteiger partial charge in [-0.05, 0) is 12.8 Å². The maximum absolute atomic E-state index is 10.8. The number of nitrogens with zero attached hydrogens (tertiary/aromatic N) is 2.